The molecule has 1 amide bonds. The Balaban J connectivity index is 1.44. The Labute approximate surface area is 181 Å². The van der Waals surface area contributed by atoms with Crippen LogP contribution in [-0.2, 0) is 11.2 Å². The topological polar surface area (TPSA) is 93.1 Å². The SMILES string of the molecule is COc1ccc(CCC(=O)N2CCCC[C@@H]2c2ccnc(Nc3cnccn3)n2)cc1. The van der Waals surface area contributed by atoms with Gasteiger partial charge in [0.1, 0.15) is 5.75 Å². The summed E-state index contributed by atoms with van der Waals surface area (Å²) in [6.45, 7) is 0.753. The number of likely N-dealkylation sites (tertiary alicyclic amines) is 1. The lowest BCUT2D eigenvalue weighted by Crippen LogP contribution is -2.39. The van der Waals surface area contributed by atoms with Crippen molar-refractivity contribution in [1.29, 1.82) is 0 Å². The number of amides is 1. The van der Waals surface area contributed by atoms with Crippen LogP contribution >= 0.6 is 0 Å². The smallest absolute Gasteiger partial charge is 0.228 e. The summed E-state index contributed by atoms with van der Waals surface area (Å²) in [5.74, 6) is 2.01. The Kier molecular flexibility index (Phi) is 6.66. The van der Waals surface area contributed by atoms with E-state index >= 15 is 0 Å². The van der Waals surface area contributed by atoms with Gasteiger partial charge >= 0.3 is 0 Å². The summed E-state index contributed by atoms with van der Waals surface area (Å²) in [5.41, 5.74) is 1.97. The van der Waals surface area contributed by atoms with Gasteiger partial charge in [0, 0.05) is 31.6 Å². The number of ether oxygens (including phenoxy) is 1. The van der Waals surface area contributed by atoms with E-state index in [0.29, 0.717) is 24.6 Å². The summed E-state index contributed by atoms with van der Waals surface area (Å²) in [6.07, 6.45) is 10.7. The van der Waals surface area contributed by atoms with Gasteiger partial charge in [-0.15, -0.1) is 0 Å². The second-order valence-electron chi connectivity index (χ2n) is 7.47. The third-order valence-electron chi connectivity index (χ3n) is 5.43. The predicted octanol–water partition coefficient (Wildman–Crippen LogP) is 3.71. The number of anilines is 2. The fourth-order valence-corrected chi connectivity index (χ4v) is 3.82. The minimum atomic E-state index is -0.0393. The first kappa shape index (κ1) is 20.7. The Morgan fingerprint density at radius 3 is 2.77 bits per heavy atom. The van der Waals surface area contributed by atoms with Gasteiger partial charge in [0.25, 0.3) is 0 Å². The first-order valence-electron chi connectivity index (χ1n) is 10.5. The molecule has 1 saturated heterocycles. The van der Waals surface area contributed by atoms with Gasteiger partial charge in [-0.25, -0.2) is 15.0 Å². The van der Waals surface area contributed by atoms with Crippen LogP contribution in [0.5, 0.6) is 5.75 Å². The normalized spacial score (nSPS) is 16.0. The maximum absolute atomic E-state index is 13.1. The standard InChI is InChI=1S/C23H26N6O2/c1-31-18-8-5-17(6-9-18)7-10-22(30)29-15-3-2-4-20(29)19-11-12-26-23(27-19)28-21-16-24-13-14-25-21/h5-6,8-9,11-14,16,20H,2-4,7,10,15H2,1H3,(H,25,26,27,28)/t20-/m1/s1. The number of carbonyl (C=O) groups is 1. The minimum Gasteiger partial charge on any atom is -0.497 e. The van der Waals surface area contributed by atoms with E-state index in [4.69, 9.17) is 4.74 Å². The largest absolute Gasteiger partial charge is 0.497 e. The van der Waals surface area contributed by atoms with Crippen LogP contribution < -0.4 is 10.1 Å². The summed E-state index contributed by atoms with van der Waals surface area (Å²) < 4.78 is 5.20. The molecule has 160 valence electrons. The molecule has 0 radical (unpaired) electrons. The molecule has 4 rings (SSSR count). The van der Waals surface area contributed by atoms with Crippen LogP contribution in [-0.4, -0.2) is 44.4 Å². The molecule has 1 aliphatic heterocycles. The number of nitrogens with one attached hydrogen (secondary N) is 1. The zero-order valence-corrected chi connectivity index (χ0v) is 17.6. The van der Waals surface area contributed by atoms with Crippen LogP contribution in [0, 0.1) is 0 Å². The van der Waals surface area contributed by atoms with Crippen molar-refractivity contribution in [3.8, 4) is 5.75 Å². The highest BCUT2D eigenvalue weighted by atomic mass is 16.5. The molecule has 31 heavy (non-hydrogen) atoms. The lowest BCUT2D eigenvalue weighted by atomic mass is 9.98. The molecule has 8 nitrogen and oxygen atoms in total. The molecule has 0 spiro atoms. The third-order valence-corrected chi connectivity index (χ3v) is 5.43. The van der Waals surface area contributed by atoms with Gasteiger partial charge in [-0.05, 0) is 49.4 Å². The maximum atomic E-state index is 13.1. The van der Waals surface area contributed by atoms with E-state index in [-0.39, 0.29) is 11.9 Å². The molecule has 2 aromatic heterocycles. The molecule has 0 unspecified atom stereocenters. The van der Waals surface area contributed by atoms with E-state index in [1.165, 1.54) is 0 Å². The van der Waals surface area contributed by atoms with E-state index in [1.807, 2.05) is 35.2 Å². The van der Waals surface area contributed by atoms with Crippen LogP contribution in [0.25, 0.3) is 0 Å². The van der Waals surface area contributed by atoms with E-state index in [1.54, 1.807) is 31.9 Å². The summed E-state index contributed by atoms with van der Waals surface area (Å²) in [7, 11) is 1.65. The van der Waals surface area contributed by atoms with Gasteiger partial charge in [0.15, 0.2) is 5.82 Å². The Morgan fingerprint density at radius 1 is 1.13 bits per heavy atom. The van der Waals surface area contributed by atoms with Crippen molar-refractivity contribution in [2.24, 2.45) is 0 Å². The highest BCUT2D eigenvalue weighted by Gasteiger charge is 2.29. The van der Waals surface area contributed by atoms with Crippen molar-refractivity contribution in [3.63, 3.8) is 0 Å². The lowest BCUT2D eigenvalue weighted by Gasteiger charge is -2.35. The minimum absolute atomic E-state index is 0.0393. The predicted molar refractivity (Wildman–Crippen MR) is 117 cm³/mol. The van der Waals surface area contributed by atoms with Crippen LogP contribution in [0.1, 0.15) is 43.0 Å². The zero-order valence-electron chi connectivity index (χ0n) is 17.6. The van der Waals surface area contributed by atoms with E-state index in [2.05, 4.69) is 25.3 Å². The van der Waals surface area contributed by atoms with Crippen molar-refractivity contribution in [1.82, 2.24) is 24.8 Å². The summed E-state index contributed by atoms with van der Waals surface area (Å²) in [5, 5.41) is 3.07. The molecule has 8 heteroatoms. The van der Waals surface area contributed by atoms with E-state index < -0.39 is 0 Å². The molecule has 3 heterocycles. The highest BCUT2D eigenvalue weighted by molar-refractivity contribution is 5.77. The Bertz CT molecular complexity index is 996. The lowest BCUT2D eigenvalue weighted by molar-refractivity contribution is -0.135. The summed E-state index contributed by atoms with van der Waals surface area (Å²) in [6, 6.07) is 9.72. The number of rotatable bonds is 7. The van der Waals surface area contributed by atoms with Crippen molar-refractivity contribution < 1.29 is 9.53 Å². The maximum Gasteiger partial charge on any atom is 0.228 e. The second kappa shape index (κ2) is 9.97. The first-order chi connectivity index (χ1) is 15.2. The second-order valence-corrected chi connectivity index (χ2v) is 7.47. The number of benzene rings is 1. The number of nitrogens with zero attached hydrogens (tertiary/aromatic N) is 5. The Hall–Kier alpha value is -3.55. The fourth-order valence-electron chi connectivity index (χ4n) is 3.82. The quantitative estimate of drug-likeness (QED) is 0.625. The van der Waals surface area contributed by atoms with Crippen molar-refractivity contribution in [2.75, 3.05) is 19.0 Å². The number of methoxy groups -OCH3 is 1. The molecule has 1 N–H and O–H groups in total. The van der Waals surface area contributed by atoms with Gasteiger partial charge < -0.3 is 15.0 Å². The molecular weight excluding hydrogens is 392 g/mol. The first-order valence-corrected chi connectivity index (χ1v) is 10.5. The summed E-state index contributed by atoms with van der Waals surface area (Å²) >= 11 is 0. The number of aromatic nitrogens is 4. The Morgan fingerprint density at radius 2 is 2.00 bits per heavy atom. The van der Waals surface area contributed by atoms with Gasteiger partial charge in [0.2, 0.25) is 11.9 Å². The summed E-state index contributed by atoms with van der Waals surface area (Å²) in [4.78, 5) is 32.2. The number of piperidine rings is 1. The molecular formula is C23H26N6O2. The van der Waals surface area contributed by atoms with E-state index in [9.17, 15) is 4.79 Å². The highest BCUT2D eigenvalue weighted by Crippen LogP contribution is 2.31. The molecule has 1 fully saturated rings. The van der Waals surface area contributed by atoms with E-state index in [0.717, 1.165) is 42.8 Å². The fraction of sp³-hybridized carbons (Fsp3) is 0.348. The van der Waals surface area contributed by atoms with Crippen LogP contribution in [0.4, 0.5) is 11.8 Å². The molecule has 3 aromatic rings. The van der Waals surface area contributed by atoms with Crippen molar-refractivity contribution in [2.45, 2.75) is 38.1 Å². The van der Waals surface area contributed by atoms with Crippen LogP contribution in [0.15, 0.2) is 55.1 Å². The number of hydrogen-bond donors (Lipinski definition) is 1. The molecule has 1 atom stereocenters. The third kappa shape index (κ3) is 5.33. The van der Waals surface area contributed by atoms with Gasteiger partial charge in [-0.1, -0.05) is 12.1 Å². The van der Waals surface area contributed by atoms with Crippen LogP contribution in [0.2, 0.25) is 0 Å². The van der Waals surface area contributed by atoms with Crippen molar-refractivity contribution in [3.05, 3.63) is 66.4 Å². The van der Waals surface area contributed by atoms with Gasteiger partial charge in [-0.2, -0.15) is 0 Å². The number of carbonyl (C=O) groups excluding carboxylic acids is 1. The number of hydrogen-bond acceptors (Lipinski definition) is 7. The average molecular weight is 419 g/mol. The molecule has 0 saturated carbocycles. The molecule has 0 bridgehead atoms. The van der Waals surface area contributed by atoms with Crippen molar-refractivity contribution >= 4 is 17.7 Å². The zero-order chi connectivity index (χ0) is 21.5. The molecule has 1 aromatic carbocycles. The van der Waals surface area contributed by atoms with Crippen LogP contribution in [0.3, 0.4) is 0 Å². The van der Waals surface area contributed by atoms with Gasteiger partial charge in [-0.3, -0.25) is 9.78 Å². The average Bonchev–Trinajstić information content (AvgIpc) is 2.83. The molecule has 0 aliphatic carbocycles. The monoisotopic (exact) mass is 418 g/mol. The molecule has 1 aliphatic rings. The van der Waals surface area contributed by atoms with Gasteiger partial charge in [0.05, 0.1) is 25.0 Å². The number of aryl methyl sites for hydroxylation is 1.